The number of nitrogens with zero attached hydrogens (tertiary/aromatic N) is 4. The maximum Gasteiger partial charge on any atom is 0.139 e. The Labute approximate surface area is 121 Å². The van der Waals surface area contributed by atoms with Crippen LogP contribution in [-0.4, -0.2) is 19.2 Å². The lowest BCUT2D eigenvalue weighted by atomic mass is 10.1. The van der Waals surface area contributed by atoms with E-state index in [1.807, 2.05) is 70.1 Å². The van der Waals surface area contributed by atoms with Crippen molar-refractivity contribution in [1.82, 2.24) is 19.2 Å². The predicted octanol–water partition coefficient (Wildman–Crippen LogP) is 2.77. The molecule has 0 atom stereocenters. The van der Waals surface area contributed by atoms with Crippen molar-refractivity contribution in [3.05, 3.63) is 67.3 Å². The van der Waals surface area contributed by atoms with Crippen molar-refractivity contribution < 1.29 is 0 Å². The minimum atomic E-state index is 0.748. The lowest BCUT2D eigenvalue weighted by molar-refractivity contribution is 0.830. The highest BCUT2D eigenvalue weighted by Gasteiger charge is 2.08. The van der Waals surface area contributed by atoms with Crippen molar-refractivity contribution in [2.75, 3.05) is 5.73 Å². The van der Waals surface area contributed by atoms with Gasteiger partial charge in [0.05, 0.1) is 6.20 Å². The fourth-order valence-corrected chi connectivity index (χ4v) is 2.47. The Kier molecular flexibility index (Phi) is 2.50. The SMILES string of the molecule is Nc1ccccc1-c1cnn(-c2cccc3nccn23)c1. The average molecular weight is 275 g/mol. The Morgan fingerprint density at radius 3 is 2.81 bits per heavy atom. The third-order valence-electron chi connectivity index (χ3n) is 3.50. The largest absolute Gasteiger partial charge is 0.398 e. The maximum absolute atomic E-state index is 6.02. The van der Waals surface area contributed by atoms with Gasteiger partial charge in [-0.15, -0.1) is 0 Å². The van der Waals surface area contributed by atoms with Crippen LogP contribution in [0.15, 0.2) is 67.3 Å². The standard InChI is InChI=1S/C16H13N5/c17-14-5-2-1-4-13(14)12-10-19-21(11-12)16-7-3-6-15-18-8-9-20(15)16/h1-11H,17H2. The molecule has 5 nitrogen and oxygen atoms in total. The molecule has 0 saturated carbocycles. The predicted molar refractivity (Wildman–Crippen MR) is 82.2 cm³/mol. The molecule has 0 saturated heterocycles. The van der Waals surface area contributed by atoms with E-state index in [0.717, 1.165) is 28.3 Å². The number of pyridine rings is 1. The zero-order valence-corrected chi connectivity index (χ0v) is 11.2. The summed E-state index contributed by atoms with van der Waals surface area (Å²) < 4.78 is 3.82. The normalized spacial score (nSPS) is 11.0. The van der Waals surface area contributed by atoms with Crippen LogP contribution < -0.4 is 5.73 Å². The number of nitrogens with two attached hydrogens (primary N) is 1. The first-order valence-corrected chi connectivity index (χ1v) is 6.65. The molecule has 102 valence electrons. The van der Waals surface area contributed by atoms with Crippen LogP contribution in [0.1, 0.15) is 0 Å². The van der Waals surface area contributed by atoms with E-state index in [-0.39, 0.29) is 0 Å². The molecule has 0 unspecified atom stereocenters. The first kappa shape index (κ1) is 11.7. The first-order chi connectivity index (χ1) is 10.3. The lowest BCUT2D eigenvalue weighted by Gasteiger charge is -2.05. The molecule has 5 heteroatoms. The molecule has 3 aromatic heterocycles. The van der Waals surface area contributed by atoms with E-state index < -0.39 is 0 Å². The number of fused-ring (bicyclic) bond motifs is 1. The van der Waals surface area contributed by atoms with Crippen LogP contribution in [0.25, 0.3) is 22.6 Å². The molecule has 1 aromatic carbocycles. The highest BCUT2D eigenvalue weighted by atomic mass is 15.3. The van der Waals surface area contributed by atoms with Crippen LogP contribution in [0.4, 0.5) is 5.69 Å². The van der Waals surface area contributed by atoms with Gasteiger partial charge in [0.25, 0.3) is 0 Å². The van der Waals surface area contributed by atoms with Gasteiger partial charge >= 0.3 is 0 Å². The van der Waals surface area contributed by atoms with E-state index >= 15 is 0 Å². The molecule has 4 aromatic rings. The van der Waals surface area contributed by atoms with E-state index in [1.54, 1.807) is 6.20 Å². The quantitative estimate of drug-likeness (QED) is 0.572. The average Bonchev–Trinajstić information content (AvgIpc) is 3.16. The summed E-state index contributed by atoms with van der Waals surface area (Å²) in [6.45, 7) is 0. The molecule has 0 aliphatic rings. The number of benzene rings is 1. The van der Waals surface area contributed by atoms with Gasteiger partial charge < -0.3 is 5.73 Å². The smallest absolute Gasteiger partial charge is 0.139 e. The molecule has 21 heavy (non-hydrogen) atoms. The van der Waals surface area contributed by atoms with Gasteiger partial charge in [0.15, 0.2) is 0 Å². The molecule has 0 radical (unpaired) electrons. The molecule has 0 amide bonds. The molecule has 0 fully saturated rings. The molecule has 0 aliphatic carbocycles. The molecule has 4 rings (SSSR count). The van der Waals surface area contributed by atoms with Gasteiger partial charge in [0.1, 0.15) is 11.5 Å². The number of anilines is 1. The van der Waals surface area contributed by atoms with Crippen molar-refractivity contribution in [2.45, 2.75) is 0 Å². The highest BCUT2D eigenvalue weighted by molar-refractivity contribution is 5.75. The third-order valence-corrected chi connectivity index (χ3v) is 3.50. The summed E-state index contributed by atoms with van der Waals surface area (Å²) in [5.41, 5.74) is 9.64. The van der Waals surface area contributed by atoms with Gasteiger partial charge in [0, 0.05) is 35.4 Å². The molecule has 0 aliphatic heterocycles. The van der Waals surface area contributed by atoms with Gasteiger partial charge in [-0.3, -0.25) is 4.40 Å². The first-order valence-electron chi connectivity index (χ1n) is 6.65. The van der Waals surface area contributed by atoms with Gasteiger partial charge in [-0.25, -0.2) is 9.67 Å². The van der Waals surface area contributed by atoms with E-state index in [9.17, 15) is 0 Å². The second-order valence-corrected chi connectivity index (χ2v) is 4.80. The third kappa shape index (κ3) is 1.87. The summed E-state index contributed by atoms with van der Waals surface area (Å²) >= 11 is 0. The van der Waals surface area contributed by atoms with Crippen LogP contribution in [0.5, 0.6) is 0 Å². The fraction of sp³-hybridized carbons (Fsp3) is 0. The topological polar surface area (TPSA) is 61.1 Å². The number of hydrogen-bond donors (Lipinski definition) is 1. The Bertz CT molecular complexity index is 919. The van der Waals surface area contributed by atoms with E-state index in [1.165, 1.54) is 0 Å². The summed E-state index contributed by atoms with van der Waals surface area (Å²) in [6.07, 6.45) is 7.49. The maximum atomic E-state index is 6.02. The van der Waals surface area contributed by atoms with Gasteiger partial charge in [0.2, 0.25) is 0 Å². The summed E-state index contributed by atoms with van der Waals surface area (Å²) in [5.74, 6) is 0.936. The summed E-state index contributed by atoms with van der Waals surface area (Å²) in [7, 11) is 0. The summed E-state index contributed by atoms with van der Waals surface area (Å²) in [5, 5.41) is 4.45. The Balaban J connectivity index is 1.85. The molecule has 2 N–H and O–H groups in total. The number of imidazole rings is 1. The van der Waals surface area contributed by atoms with Crippen LogP contribution in [0, 0.1) is 0 Å². The van der Waals surface area contributed by atoms with Crippen molar-refractivity contribution >= 4 is 11.3 Å². The molecule has 3 heterocycles. The molecular formula is C16H13N5. The van der Waals surface area contributed by atoms with Crippen LogP contribution in [-0.2, 0) is 0 Å². The summed E-state index contributed by atoms with van der Waals surface area (Å²) in [6, 6.07) is 13.7. The Hall–Kier alpha value is -3.08. The number of para-hydroxylation sites is 1. The van der Waals surface area contributed by atoms with Crippen molar-refractivity contribution in [3.63, 3.8) is 0 Å². The van der Waals surface area contributed by atoms with Gasteiger partial charge in [-0.05, 0) is 18.2 Å². The highest BCUT2D eigenvalue weighted by Crippen LogP contribution is 2.25. The van der Waals surface area contributed by atoms with Crippen LogP contribution >= 0.6 is 0 Å². The lowest BCUT2D eigenvalue weighted by Crippen LogP contribution is -2.01. The molecule has 0 bridgehead atoms. The Morgan fingerprint density at radius 2 is 1.90 bits per heavy atom. The monoisotopic (exact) mass is 275 g/mol. The molecular weight excluding hydrogens is 262 g/mol. The van der Waals surface area contributed by atoms with E-state index in [0.29, 0.717) is 0 Å². The van der Waals surface area contributed by atoms with Crippen LogP contribution in [0.2, 0.25) is 0 Å². The van der Waals surface area contributed by atoms with Crippen molar-refractivity contribution in [1.29, 1.82) is 0 Å². The minimum absolute atomic E-state index is 0.748. The zero-order chi connectivity index (χ0) is 14.2. The number of aromatic nitrogens is 4. The van der Waals surface area contributed by atoms with Crippen molar-refractivity contribution in [2.24, 2.45) is 0 Å². The van der Waals surface area contributed by atoms with E-state index in [4.69, 9.17) is 5.73 Å². The van der Waals surface area contributed by atoms with Gasteiger partial charge in [-0.1, -0.05) is 24.3 Å². The molecule has 0 spiro atoms. The van der Waals surface area contributed by atoms with Crippen molar-refractivity contribution in [3.8, 4) is 16.9 Å². The number of nitrogen functional groups attached to an aromatic ring is 1. The Morgan fingerprint density at radius 1 is 1.00 bits per heavy atom. The number of hydrogen-bond acceptors (Lipinski definition) is 3. The second-order valence-electron chi connectivity index (χ2n) is 4.80. The van der Waals surface area contributed by atoms with Crippen LogP contribution in [0.3, 0.4) is 0 Å². The fourth-order valence-electron chi connectivity index (χ4n) is 2.47. The van der Waals surface area contributed by atoms with E-state index in [2.05, 4.69) is 10.1 Å². The van der Waals surface area contributed by atoms with Gasteiger partial charge in [-0.2, -0.15) is 5.10 Å². The summed E-state index contributed by atoms with van der Waals surface area (Å²) in [4.78, 5) is 4.29. The minimum Gasteiger partial charge on any atom is -0.398 e. The number of rotatable bonds is 2. The zero-order valence-electron chi connectivity index (χ0n) is 11.2. The second kappa shape index (κ2) is 4.49.